The molecule has 0 bridgehead atoms. The molecule has 1 aliphatic carbocycles. The second-order valence-electron chi connectivity index (χ2n) is 10.8. The van der Waals surface area contributed by atoms with Crippen molar-refractivity contribution in [3.8, 4) is 0 Å². The minimum atomic E-state index is -0.200. The molecule has 6 rings (SSSR count). The summed E-state index contributed by atoms with van der Waals surface area (Å²) >= 11 is 6.33. The molecule has 0 N–H and O–H groups in total. The number of rotatable bonds is 6. The predicted octanol–water partition coefficient (Wildman–Crippen LogP) is 3.90. The highest BCUT2D eigenvalue weighted by molar-refractivity contribution is 6.35. The summed E-state index contributed by atoms with van der Waals surface area (Å²) in [6, 6.07) is 5.69. The molecule has 3 aromatic heterocycles. The van der Waals surface area contributed by atoms with Crippen molar-refractivity contribution in [1.29, 1.82) is 0 Å². The quantitative estimate of drug-likeness (QED) is 0.406. The van der Waals surface area contributed by atoms with Crippen molar-refractivity contribution in [2.45, 2.75) is 32.6 Å². The lowest BCUT2D eigenvalue weighted by molar-refractivity contribution is -0.0980. The highest BCUT2D eigenvalue weighted by Crippen LogP contribution is 2.53. The molecular weight excluding hydrogens is 467 g/mol. The molecule has 1 saturated carbocycles. The van der Waals surface area contributed by atoms with E-state index in [0.29, 0.717) is 45.3 Å². The Morgan fingerprint density at radius 3 is 2.86 bits per heavy atom. The minimum Gasteiger partial charge on any atom is -0.302 e. The summed E-state index contributed by atoms with van der Waals surface area (Å²) in [6.45, 7) is 5.39. The van der Waals surface area contributed by atoms with E-state index >= 15 is 0 Å². The molecule has 1 aromatic carbocycles. The maximum atomic E-state index is 14.4. The van der Waals surface area contributed by atoms with E-state index in [1.165, 1.54) is 30.0 Å². The Morgan fingerprint density at radius 2 is 2.06 bits per heavy atom. The van der Waals surface area contributed by atoms with Crippen LogP contribution in [0.5, 0.6) is 0 Å². The molecule has 1 spiro atoms. The summed E-state index contributed by atoms with van der Waals surface area (Å²) in [7, 11) is 1.65. The molecule has 182 valence electrons. The lowest BCUT2D eigenvalue weighted by Gasteiger charge is -2.60. The Bertz CT molecular complexity index is 1480. The third kappa shape index (κ3) is 4.02. The lowest BCUT2D eigenvalue weighted by Crippen LogP contribution is -2.63. The van der Waals surface area contributed by atoms with Crippen molar-refractivity contribution in [2.24, 2.45) is 24.3 Å². The summed E-state index contributed by atoms with van der Waals surface area (Å²) in [6.07, 6.45) is 8.80. The number of aromatic nitrogens is 5. The number of fused-ring (bicyclic) bond motifs is 2. The van der Waals surface area contributed by atoms with Crippen molar-refractivity contribution in [3.05, 3.63) is 69.2 Å². The summed E-state index contributed by atoms with van der Waals surface area (Å²) in [4.78, 5) is 15.0. The molecule has 7 nitrogen and oxygen atoms in total. The van der Waals surface area contributed by atoms with Gasteiger partial charge < -0.3 is 4.90 Å². The van der Waals surface area contributed by atoms with Gasteiger partial charge in [0.1, 0.15) is 12.1 Å². The molecule has 4 heterocycles. The van der Waals surface area contributed by atoms with Crippen LogP contribution >= 0.6 is 11.6 Å². The molecule has 0 unspecified atom stereocenters. The van der Waals surface area contributed by atoms with Crippen molar-refractivity contribution >= 4 is 28.0 Å². The van der Waals surface area contributed by atoms with Crippen LogP contribution in [0.3, 0.4) is 0 Å². The van der Waals surface area contributed by atoms with Crippen LogP contribution in [0.1, 0.15) is 30.9 Å². The van der Waals surface area contributed by atoms with Crippen LogP contribution in [-0.2, 0) is 19.9 Å². The highest BCUT2D eigenvalue weighted by atomic mass is 35.5. The number of pyridine rings is 1. The highest BCUT2D eigenvalue weighted by Gasteiger charge is 2.51. The lowest BCUT2D eigenvalue weighted by atomic mass is 9.56. The number of halogens is 2. The van der Waals surface area contributed by atoms with Gasteiger partial charge in [-0.1, -0.05) is 24.6 Å². The third-order valence-electron chi connectivity index (χ3n) is 7.82. The normalized spacial score (nSPS) is 18.7. The number of benzene rings is 1. The molecule has 0 amide bonds. The number of hydrogen-bond donors (Lipinski definition) is 0. The zero-order valence-electron chi connectivity index (χ0n) is 19.9. The molecule has 2 aliphatic rings. The Labute approximate surface area is 207 Å². The van der Waals surface area contributed by atoms with Gasteiger partial charge in [-0.25, -0.2) is 9.07 Å². The van der Waals surface area contributed by atoms with E-state index in [2.05, 4.69) is 27.1 Å². The van der Waals surface area contributed by atoms with E-state index in [-0.39, 0.29) is 11.4 Å². The van der Waals surface area contributed by atoms with Crippen molar-refractivity contribution < 1.29 is 4.39 Å². The zero-order chi connectivity index (χ0) is 24.3. The van der Waals surface area contributed by atoms with E-state index in [0.717, 1.165) is 37.0 Å². The zero-order valence-corrected chi connectivity index (χ0v) is 20.7. The molecule has 9 heteroatoms. The van der Waals surface area contributed by atoms with Crippen LogP contribution in [0.4, 0.5) is 4.39 Å². The van der Waals surface area contributed by atoms with E-state index in [4.69, 9.17) is 11.6 Å². The molecule has 35 heavy (non-hydrogen) atoms. The second-order valence-corrected chi connectivity index (χ2v) is 11.2. The van der Waals surface area contributed by atoms with Gasteiger partial charge in [0.2, 0.25) is 0 Å². The van der Waals surface area contributed by atoms with Gasteiger partial charge in [0.25, 0.3) is 5.56 Å². The Hall–Kier alpha value is -2.84. The van der Waals surface area contributed by atoms with Gasteiger partial charge in [0.15, 0.2) is 5.65 Å². The summed E-state index contributed by atoms with van der Waals surface area (Å²) in [5, 5.41) is 14.0. The van der Waals surface area contributed by atoms with E-state index in [1.807, 2.05) is 12.1 Å². The van der Waals surface area contributed by atoms with Crippen molar-refractivity contribution in [1.82, 2.24) is 29.3 Å². The topological polar surface area (TPSA) is 68.3 Å². The van der Waals surface area contributed by atoms with Gasteiger partial charge in [-0.3, -0.25) is 9.20 Å². The first-order valence-corrected chi connectivity index (χ1v) is 12.5. The Kier molecular flexibility index (Phi) is 5.41. The third-order valence-corrected chi connectivity index (χ3v) is 8.14. The molecule has 1 aliphatic heterocycles. The van der Waals surface area contributed by atoms with Crippen LogP contribution in [0, 0.1) is 23.1 Å². The molecule has 1 atom stereocenters. The number of aryl methyl sites for hydroxylation is 1. The van der Waals surface area contributed by atoms with Crippen LogP contribution in [-0.4, -0.2) is 48.9 Å². The summed E-state index contributed by atoms with van der Waals surface area (Å²) in [5.74, 6) is 0.777. The van der Waals surface area contributed by atoms with Crippen LogP contribution in [0.15, 0.2) is 41.7 Å². The van der Waals surface area contributed by atoms with Gasteiger partial charge in [0, 0.05) is 38.3 Å². The molecule has 2 fully saturated rings. The molecular formula is C26H28ClFN6O. The first-order chi connectivity index (χ1) is 16.8. The fraction of sp³-hybridized carbons (Fsp3) is 0.462. The van der Waals surface area contributed by atoms with E-state index in [9.17, 15) is 9.18 Å². The fourth-order valence-corrected chi connectivity index (χ4v) is 6.61. The number of likely N-dealkylation sites (tertiary alicyclic amines) is 1. The number of nitrogens with zero attached hydrogens (tertiary/aromatic N) is 6. The van der Waals surface area contributed by atoms with Crippen LogP contribution in [0.2, 0.25) is 5.02 Å². The largest absolute Gasteiger partial charge is 0.302 e. The molecule has 1 saturated heterocycles. The average Bonchev–Trinajstić information content (AvgIpc) is 3.21. The minimum absolute atomic E-state index is 0.149. The van der Waals surface area contributed by atoms with E-state index < -0.39 is 0 Å². The van der Waals surface area contributed by atoms with E-state index in [1.54, 1.807) is 23.7 Å². The van der Waals surface area contributed by atoms with Gasteiger partial charge in [0.05, 0.1) is 16.6 Å². The molecule has 0 radical (unpaired) electrons. The van der Waals surface area contributed by atoms with Gasteiger partial charge in [-0.2, -0.15) is 5.10 Å². The van der Waals surface area contributed by atoms with Gasteiger partial charge in [-0.05, 0) is 66.2 Å². The van der Waals surface area contributed by atoms with Crippen molar-refractivity contribution in [2.75, 3.05) is 19.6 Å². The van der Waals surface area contributed by atoms with Crippen LogP contribution < -0.4 is 5.56 Å². The monoisotopic (exact) mass is 494 g/mol. The van der Waals surface area contributed by atoms with Crippen LogP contribution in [0.25, 0.3) is 16.4 Å². The maximum Gasteiger partial charge on any atom is 0.275 e. The number of hydrogen-bond acceptors (Lipinski definition) is 5. The SMILES string of the molecule is C[C@@H](Cc1cc2nncn2cc1F)CN1CC2(CC(Cc3ccc(Cl)c4c(=O)n(C)ncc34)C2)C1. The Morgan fingerprint density at radius 1 is 1.26 bits per heavy atom. The maximum absolute atomic E-state index is 14.4. The fourth-order valence-electron chi connectivity index (χ4n) is 6.37. The van der Waals surface area contributed by atoms with Crippen molar-refractivity contribution in [3.63, 3.8) is 0 Å². The molecule has 4 aromatic rings. The summed E-state index contributed by atoms with van der Waals surface area (Å²) < 4.78 is 17.4. The average molecular weight is 495 g/mol. The van der Waals surface area contributed by atoms with Gasteiger partial charge in [-0.15, -0.1) is 10.2 Å². The Balaban J connectivity index is 1.03. The smallest absolute Gasteiger partial charge is 0.275 e. The van der Waals surface area contributed by atoms with Gasteiger partial charge >= 0.3 is 0 Å². The summed E-state index contributed by atoms with van der Waals surface area (Å²) in [5.41, 5.74) is 2.82. The predicted molar refractivity (Wildman–Crippen MR) is 133 cm³/mol. The second kappa shape index (κ2) is 8.38. The first kappa shape index (κ1) is 22.6. The first-order valence-electron chi connectivity index (χ1n) is 12.1. The standard InChI is InChI=1S/C26H28ClFN6O/c1-16(5-19-7-23-31-29-15-34(23)12-22(19)28)11-33-13-26(14-33)8-17(9-26)6-18-3-4-21(27)24-20(18)10-30-32(2)25(24)35/h3-4,7,10,12,15-17H,5-6,8-9,11,13-14H2,1-2H3/t16-/m0/s1.